The van der Waals surface area contributed by atoms with Crippen LogP contribution < -0.4 is 5.32 Å². The van der Waals surface area contributed by atoms with Crippen LogP contribution in [0.4, 0.5) is 10.1 Å². The minimum absolute atomic E-state index is 0.0245. The van der Waals surface area contributed by atoms with Crippen LogP contribution in [0, 0.1) is 19.7 Å². The van der Waals surface area contributed by atoms with E-state index in [0.717, 1.165) is 17.2 Å². The molecule has 0 aromatic heterocycles. The third kappa shape index (κ3) is 3.32. The minimum Gasteiger partial charge on any atom is -0.322 e. The van der Waals surface area contributed by atoms with E-state index in [0.29, 0.717) is 5.69 Å². The van der Waals surface area contributed by atoms with Crippen molar-refractivity contribution in [2.75, 3.05) is 5.32 Å². The summed E-state index contributed by atoms with van der Waals surface area (Å²) in [4.78, 5) is 12.0. The second-order valence-corrected chi connectivity index (χ2v) is 4.89. The van der Waals surface area contributed by atoms with Crippen LogP contribution in [0.2, 0.25) is 5.02 Å². The number of hydrogen-bond donors (Lipinski definition) is 1. The van der Waals surface area contributed by atoms with Gasteiger partial charge in [0.25, 0.3) is 5.91 Å². The zero-order chi connectivity index (χ0) is 14.0. The Morgan fingerprint density at radius 3 is 2.32 bits per heavy atom. The highest BCUT2D eigenvalue weighted by Gasteiger charge is 2.12. The van der Waals surface area contributed by atoms with Crippen LogP contribution in [0.15, 0.2) is 36.4 Å². The minimum atomic E-state index is -0.630. The van der Waals surface area contributed by atoms with Gasteiger partial charge in [-0.1, -0.05) is 17.7 Å². The molecule has 1 amide bonds. The van der Waals surface area contributed by atoms with Crippen molar-refractivity contribution in [2.45, 2.75) is 13.8 Å². The number of nitrogens with one attached hydrogen (secondary N) is 1. The van der Waals surface area contributed by atoms with Crippen LogP contribution in [0.1, 0.15) is 21.5 Å². The molecule has 0 aliphatic rings. The van der Waals surface area contributed by atoms with E-state index in [-0.39, 0.29) is 10.6 Å². The first-order chi connectivity index (χ1) is 8.95. The molecular formula is C15H13ClFNO. The van der Waals surface area contributed by atoms with Gasteiger partial charge in [-0.05, 0) is 55.3 Å². The monoisotopic (exact) mass is 277 g/mol. The van der Waals surface area contributed by atoms with Crippen LogP contribution >= 0.6 is 11.6 Å². The summed E-state index contributed by atoms with van der Waals surface area (Å²) >= 11 is 5.65. The maximum Gasteiger partial charge on any atom is 0.258 e. The van der Waals surface area contributed by atoms with Crippen LogP contribution in [0.25, 0.3) is 0 Å². The van der Waals surface area contributed by atoms with Crippen LogP contribution in [-0.4, -0.2) is 5.91 Å². The maximum atomic E-state index is 13.6. The first-order valence-corrected chi connectivity index (χ1v) is 6.18. The normalized spacial score (nSPS) is 10.3. The number of carbonyl (C=O) groups is 1. The van der Waals surface area contributed by atoms with Crippen molar-refractivity contribution in [1.29, 1.82) is 0 Å². The average molecular weight is 278 g/mol. The van der Waals surface area contributed by atoms with Gasteiger partial charge in [0.1, 0.15) is 5.82 Å². The molecule has 2 nitrogen and oxygen atoms in total. The number of anilines is 1. The molecule has 0 aliphatic carbocycles. The van der Waals surface area contributed by atoms with Crippen molar-refractivity contribution in [3.63, 3.8) is 0 Å². The molecule has 98 valence electrons. The van der Waals surface area contributed by atoms with Crippen molar-refractivity contribution in [2.24, 2.45) is 0 Å². The number of benzene rings is 2. The fourth-order valence-corrected chi connectivity index (χ4v) is 2.08. The zero-order valence-corrected chi connectivity index (χ0v) is 11.4. The van der Waals surface area contributed by atoms with Crippen molar-refractivity contribution < 1.29 is 9.18 Å². The molecule has 19 heavy (non-hydrogen) atoms. The molecule has 0 bridgehead atoms. The summed E-state index contributed by atoms with van der Waals surface area (Å²) in [6.07, 6.45) is 0. The smallest absolute Gasteiger partial charge is 0.258 e. The standard InChI is InChI=1S/C15H13ClFNO/c1-9-5-10(2)7-12(6-9)18-15(19)13-4-3-11(16)8-14(13)17/h3-8H,1-2H3,(H,18,19). The summed E-state index contributed by atoms with van der Waals surface area (Å²) in [5.74, 6) is -1.12. The molecule has 1 N–H and O–H groups in total. The van der Waals surface area contributed by atoms with Gasteiger partial charge in [0, 0.05) is 10.7 Å². The van der Waals surface area contributed by atoms with Crippen molar-refractivity contribution >= 4 is 23.2 Å². The Bertz CT molecular complexity index is 620. The summed E-state index contributed by atoms with van der Waals surface area (Å²) in [5.41, 5.74) is 2.69. The second-order valence-electron chi connectivity index (χ2n) is 4.45. The van der Waals surface area contributed by atoms with E-state index in [1.54, 1.807) is 0 Å². The fraction of sp³-hybridized carbons (Fsp3) is 0.133. The molecule has 0 unspecified atom stereocenters. The Hall–Kier alpha value is -1.87. The third-order valence-corrected chi connectivity index (χ3v) is 2.89. The zero-order valence-electron chi connectivity index (χ0n) is 10.6. The number of rotatable bonds is 2. The van der Waals surface area contributed by atoms with E-state index in [4.69, 9.17) is 11.6 Å². The highest BCUT2D eigenvalue weighted by atomic mass is 35.5. The first kappa shape index (κ1) is 13.6. The number of amides is 1. The van der Waals surface area contributed by atoms with Crippen LogP contribution in [0.5, 0.6) is 0 Å². The van der Waals surface area contributed by atoms with E-state index >= 15 is 0 Å². The number of carbonyl (C=O) groups excluding carboxylic acids is 1. The first-order valence-electron chi connectivity index (χ1n) is 5.80. The Labute approximate surface area is 116 Å². The van der Waals surface area contributed by atoms with Gasteiger partial charge in [-0.25, -0.2) is 4.39 Å². The molecule has 0 atom stereocenters. The SMILES string of the molecule is Cc1cc(C)cc(NC(=O)c2ccc(Cl)cc2F)c1. The van der Waals surface area contributed by atoms with E-state index in [2.05, 4.69) is 5.32 Å². The van der Waals surface area contributed by atoms with Crippen molar-refractivity contribution in [3.05, 3.63) is 63.9 Å². The van der Waals surface area contributed by atoms with Gasteiger partial charge in [-0.15, -0.1) is 0 Å². The Balaban J connectivity index is 2.25. The second kappa shape index (κ2) is 5.41. The van der Waals surface area contributed by atoms with Gasteiger partial charge in [-0.2, -0.15) is 0 Å². The van der Waals surface area contributed by atoms with E-state index in [1.165, 1.54) is 12.1 Å². The third-order valence-electron chi connectivity index (χ3n) is 2.66. The Kier molecular flexibility index (Phi) is 3.86. The fourth-order valence-electron chi connectivity index (χ4n) is 1.92. The molecule has 0 fully saturated rings. The lowest BCUT2D eigenvalue weighted by molar-refractivity contribution is 0.102. The quantitative estimate of drug-likeness (QED) is 0.869. The van der Waals surface area contributed by atoms with E-state index in [9.17, 15) is 9.18 Å². The number of hydrogen-bond acceptors (Lipinski definition) is 1. The van der Waals surface area contributed by atoms with Crippen molar-refractivity contribution in [3.8, 4) is 0 Å². The predicted molar refractivity (Wildman–Crippen MR) is 75.3 cm³/mol. The van der Waals surface area contributed by atoms with E-state index < -0.39 is 11.7 Å². The van der Waals surface area contributed by atoms with Gasteiger partial charge in [0.2, 0.25) is 0 Å². The lowest BCUT2D eigenvalue weighted by atomic mass is 10.1. The average Bonchev–Trinajstić information content (AvgIpc) is 2.26. The summed E-state index contributed by atoms with van der Waals surface area (Å²) in [5, 5.41) is 2.94. The largest absolute Gasteiger partial charge is 0.322 e. The Morgan fingerprint density at radius 1 is 1.11 bits per heavy atom. The molecular weight excluding hydrogens is 265 g/mol. The molecule has 4 heteroatoms. The Morgan fingerprint density at radius 2 is 1.74 bits per heavy atom. The molecule has 0 heterocycles. The summed E-state index contributed by atoms with van der Waals surface area (Å²) in [7, 11) is 0. The van der Waals surface area contributed by atoms with Gasteiger partial charge in [0.15, 0.2) is 0 Å². The molecule has 2 aromatic carbocycles. The highest BCUT2D eigenvalue weighted by molar-refractivity contribution is 6.30. The van der Waals surface area contributed by atoms with Gasteiger partial charge in [0.05, 0.1) is 5.56 Å². The summed E-state index contributed by atoms with van der Waals surface area (Å²) in [6, 6.07) is 9.64. The van der Waals surface area contributed by atoms with Gasteiger partial charge < -0.3 is 5.32 Å². The molecule has 0 aliphatic heterocycles. The molecule has 0 saturated carbocycles. The van der Waals surface area contributed by atoms with Crippen LogP contribution in [-0.2, 0) is 0 Å². The van der Waals surface area contributed by atoms with Crippen LogP contribution in [0.3, 0.4) is 0 Å². The number of halogens is 2. The molecule has 0 saturated heterocycles. The molecule has 2 rings (SSSR count). The van der Waals surface area contributed by atoms with Crippen molar-refractivity contribution in [1.82, 2.24) is 0 Å². The topological polar surface area (TPSA) is 29.1 Å². The van der Waals surface area contributed by atoms with Gasteiger partial charge in [-0.3, -0.25) is 4.79 Å². The lowest BCUT2D eigenvalue weighted by Crippen LogP contribution is -2.13. The number of aryl methyl sites for hydroxylation is 2. The molecule has 0 radical (unpaired) electrons. The molecule has 0 spiro atoms. The predicted octanol–water partition coefficient (Wildman–Crippen LogP) is 4.35. The summed E-state index contributed by atoms with van der Waals surface area (Å²) in [6.45, 7) is 3.87. The van der Waals surface area contributed by atoms with Gasteiger partial charge >= 0.3 is 0 Å². The highest BCUT2D eigenvalue weighted by Crippen LogP contribution is 2.18. The summed E-state index contributed by atoms with van der Waals surface area (Å²) < 4.78 is 13.6. The lowest BCUT2D eigenvalue weighted by Gasteiger charge is -2.08. The van der Waals surface area contributed by atoms with E-state index in [1.807, 2.05) is 32.0 Å². The maximum absolute atomic E-state index is 13.6. The molecule has 2 aromatic rings.